The molecule has 209 valence electrons. The number of nitrogens with zero attached hydrogens (tertiary/aromatic N) is 2. The molecular weight excluding hydrogens is 1170 g/mol. The van der Waals surface area contributed by atoms with Gasteiger partial charge in [-0.05, 0) is 6.99 Å². The summed E-state index contributed by atoms with van der Waals surface area (Å²) in [5.41, 5.74) is 0. The number of hydrogen-bond donors (Lipinski definition) is 0. The topological polar surface area (TPSA) is 182 Å². The summed E-state index contributed by atoms with van der Waals surface area (Å²) in [7, 11) is 38.6. The van der Waals surface area contributed by atoms with E-state index in [1.165, 1.54) is 31.6 Å². The van der Waals surface area contributed by atoms with Crippen molar-refractivity contribution in [1.29, 1.82) is 10.5 Å². The van der Waals surface area contributed by atoms with Gasteiger partial charge in [0.05, 0.1) is 12.1 Å². The van der Waals surface area contributed by atoms with E-state index in [9.17, 15) is 0 Å². The van der Waals surface area contributed by atoms with Crippen molar-refractivity contribution in [2.45, 2.75) is 13.8 Å². The quantitative estimate of drug-likeness (QED) is 0.222. The zero-order chi connectivity index (χ0) is 22.8. The largest absolute Gasteiger partial charge is 0.693 e. The van der Waals surface area contributed by atoms with Gasteiger partial charge < -0.3 is 24.6 Å². The van der Waals surface area contributed by atoms with Gasteiger partial charge in [-0.1, -0.05) is 0 Å². The standard InChI is InChI=1S/2C2H3N.4ClH.4H2N.H6P4.2Pt.S12/c2*1-2-3;;;;;;;;;1-4(2)3;;;1-3-5-7-9-11-12-10-8-6-4-2/h2*1H3;4*1H;4*1H2;1-3H2;;;/q;;;;;;4*-1;;+1;+4;/p-3. The molecule has 0 aromatic carbocycles. The molecule has 0 aliphatic heterocycles. The molecule has 0 radical (unpaired) electrons. The van der Waals surface area contributed by atoms with Gasteiger partial charge in [-0.3, -0.25) is 0 Å². The molecule has 8 N–H and O–H groups in total. The Hall–Kier alpha value is 5.72. The fraction of sp³-hybridized carbons (Fsp3) is 0.500. The first kappa shape index (κ1) is 71.2. The van der Waals surface area contributed by atoms with Crippen molar-refractivity contribution in [2.24, 2.45) is 0 Å². The van der Waals surface area contributed by atoms with Gasteiger partial charge >= 0.3 is 63.5 Å². The van der Waals surface area contributed by atoms with Crippen molar-refractivity contribution in [3.05, 3.63) is 24.6 Å². The van der Waals surface area contributed by atoms with Crippen LogP contribution >= 0.6 is 74.4 Å². The summed E-state index contributed by atoms with van der Waals surface area (Å²) in [6.07, 6.45) is 0. The van der Waals surface area contributed by atoms with Crippen LogP contribution in [0.2, 0.25) is 0 Å². The zero-order valence-corrected chi connectivity index (χ0v) is 37.2. The van der Waals surface area contributed by atoms with Crippen LogP contribution in [0.5, 0.6) is 0 Å². The molecule has 0 fully saturated rings. The molecule has 0 aromatic rings. The van der Waals surface area contributed by atoms with Gasteiger partial charge in [-0.15, -0.1) is 39.2 Å². The van der Waals surface area contributed by atoms with Gasteiger partial charge in [0.1, 0.15) is 0 Å². The molecule has 0 spiro atoms. The molecule has 0 aromatic heterocycles. The van der Waals surface area contributed by atoms with Crippen LogP contribution in [-0.2, 0) is 146 Å². The molecule has 6 nitrogen and oxygen atoms in total. The first-order valence-electron chi connectivity index (χ1n) is 4.41. The second-order valence-corrected chi connectivity index (χ2v) is 34.2. The van der Waals surface area contributed by atoms with Gasteiger partial charge in [0.2, 0.25) is 0 Å². The van der Waals surface area contributed by atoms with E-state index in [-0.39, 0.29) is 44.0 Å². The number of nitriles is 2. The predicted octanol–water partition coefficient (Wildman–Crippen LogP) is 8.22. The van der Waals surface area contributed by atoms with E-state index < -0.39 is 16.5 Å². The molecule has 0 bridgehead atoms. The maximum Gasteiger partial charge on any atom is -0.693 e. The van der Waals surface area contributed by atoms with Crippen molar-refractivity contribution < 1.29 is 35.3 Å². The van der Waals surface area contributed by atoms with Crippen LogP contribution in [-0.4, -0.2) is 0 Å². The van der Waals surface area contributed by atoms with Crippen molar-refractivity contribution in [3.63, 3.8) is 0 Å². The summed E-state index contributed by atoms with van der Waals surface area (Å²) in [5, 5.41) is 14.6. The average Bonchev–Trinajstić information content (AvgIpc) is 2.61. The number of rotatable bonds is 0. The van der Waals surface area contributed by atoms with Crippen LogP contribution < -0.4 is 0 Å². The summed E-state index contributed by atoms with van der Waals surface area (Å²) < 4.78 is 0. The van der Waals surface area contributed by atoms with Gasteiger partial charge in [0, 0.05) is 125 Å². The third-order valence-electron chi connectivity index (χ3n) is 0.250. The van der Waals surface area contributed by atoms with E-state index >= 15 is 0 Å². The normalized spacial score (nSPS) is 5.16. The third kappa shape index (κ3) is 199. The van der Waals surface area contributed by atoms with Crippen molar-refractivity contribution in [3.8, 4) is 12.1 Å². The molecule has 0 saturated carbocycles. The number of halogens is 4. The Balaban J connectivity index is -0.0000000209. The first-order chi connectivity index (χ1) is 12.9. The number of hydrogen-bond acceptors (Lipinski definition) is 4. The SMILES string of the molecule is CC#N.CC#N.Cl.PP(P)P.S=S=S=S=S=S=S=S=S=S=S=S.[Cl][Pt+2][Cl].[Cl][Pt].[NH2-].[NH2-].[NH2-].[NH2-]. The summed E-state index contributed by atoms with van der Waals surface area (Å²) in [4.78, 5) is 0. The Bertz CT molecular complexity index is 723. The average molecular weight is 1190 g/mol. The minimum absolute atomic E-state index is 0. The third-order valence-corrected chi connectivity index (χ3v) is 20.2. The molecule has 28 heteroatoms. The van der Waals surface area contributed by atoms with Crippen LogP contribution in [0, 0.1) is 22.7 Å². The molecular formula is C4H21Cl4N6P4Pt2S12-2. The summed E-state index contributed by atoms with van der Waals surface area (Å²) in [6, 6.07) is 3.50. The maximum absolute atomic E-state index is 7.32. The maximum atomic E-state index is 7.32. The van der Waals surface area contributed by atoms with Crippen molar-refractivity contribution in [2.75, 3.05) is 0 Å². The van der Waals surface area contributed by atoms with Gasteiger partial charge in [0.15, 0.2) is 0 Å². The summed E-state index contributed by atoms with van der Waals surface area (Å²) in [5.74, 6) is 0. The van der Waals surface area contributed by atoms with E-state index in [0.717, 1.165) is 0 Å². The van der Waals surface area contributed by atoms with E-state index in [1.54, 1.807) is 102 Å². The van der Waals surface area contributed by atoms with Gasteiger partial charge in [-0.25, -0.2) is 0 Å². The molecule has 3 unspecified atom stereocenters. The molecule has 0 amide bonds. The van der Waals surface area contributed by atoms with E-state index in [0.29, 0.717) is 0 Å². The number of nitrogens with two attached hydrogens (primary N) is 4. The van der Waals surface area contributed by atoms with Crippen LogP contribution in [0.4, 0.5) is 0 Å². The van der Waals surface area contributed by atoms with Crippen LogP contribution in [0.1, 0.15) is 13.8 Å². The Labute approximate surface area is 276 Å². The van der Waals surface area contributed by atoms with Gasteiger partial charge in [-0.2, -0.15) is 10.5 Å². The minimum Gasteiger partial charge on any atom is -0.693 e. The summed E-state index contributed by atoms with van der Waals surface area (Å²) in [6.45, 7) is 2.99. The van der Waals surface area contributed by atoms with Crippen LogP contribution in [0.25, 0.3) is 24.6 Å². The molecule has 0 saturated heterocycles. The smallest absolute Gasteiger partial charge is 0.693 e. The first-order valence-corrected chi connectivity index (χ1v) is 33.7. The van der Waals surface area contributed by atoms with Crippen molar-refractivity contribution in [1.82, 2.24) is 0 Å². The Morgan fingerprint density at radius 1 is 0.719 bits per heavy atom. The molecule has 32 heavy (non-hydrogen) atoms. The van der Waals surface area contributed by atoms with E-state index in [2.05, 4.69) is 58.6 Å². The Morgan fingerprint density at radius 2 is 0.812 bits per heavy atom. The molecule has 0 aliphatic carbocycles. The summed E-state index contributed by atoms with van der Waals surface area (Å²) >= 11 is 10.5. The predicted molar refractivity (Wildman–Crippen MR) is 193 cm³/mol. The molecule has 3 atom stereocenters. The zero-order valence-electron chi connectivity index (χ0n) is 15.5. The minimum atomic E-state index is -0.472. The van der Waals surface area contributed by atoms with E-state index in [4.69, 9.17) is 29.4 Å². The van der Waals surface area contributed by atoms with Gasteiger partial charge in [0.25, 0.3) is 0 Å². The second kappa shape index (κ2) is 99.3. The molecule has 0 aliphatic rings. The molecule has 0 heterocycles. The second-order valence-electron chi connectivity index (χ2n) is 1.62. The van der Waals surface area contributed by atoms with Crippen LogP contribution in [0.15, 0.2) is 0 Å². The van der Waals surface area contributed by atoms with Crippen LogP contribution in [0.3, 0.4) is 0 Å². The Kier molecular flexibility index (Phi) is 221. The van der Waals surface area contributed by atoms with Crippen molar-refractivity contribution >= 4 is 186 Å². The fourth-order valence-electron chi connectivity index (χ4n) is 0.0907. The van der Waals surface area contributed by atoms with E-state index in [1.807, 2.05) is 0 Å². The monoisotopic (exact) mass is 1190 g/mol. The Morgan fingerprint density at radius 3 is 0.906 bits per heavy atom. The fourth-order valence-corrected chi connectivity index (χ4v) is 22.0. The molecule has 0 rings (SSSR count).